The summed E-state index contributed by atoms with van der Waals surface area (Å²) in [6, 6.07) is 20.1. The number of nitrogens with one attached hydrogen (secondary N) is 1. The predicted octanol–water partition coefficient (Wildman–Crippen LogP) is 4.47. The number of hydrogen-bond acceptors (Lipinski definition) is 2. The Morgan fingerprint density at radius 3 is 2.48 bits per heavy atom. The Hall–Kier alpha value is -3.21. The Kier molecular flexibility index (Phi) is 5.04. The Labute approximate surface area is 145 Å². The van der Waals surface area contributed by atoms with E-state index in [2.05, 4.69) is 10.3 Å². The van der Waals surface area contributed by atoms with Crippen LogP contribution in [0.15, 0.2) is 79.0 Å². The summed E-state index contributed by atoms with van der Waals surface area (Å²) in [5.74, 6) is -0.352. The number of aromatic nitrogens is 1. The number of hydrogen-bond donors (Lipinski definition) is 1. The summed E-state index contributed by atoms with van der Waals surface area (Å²) in [6.45, 7) is 0. The lowest BCUT2D eigenvalue weighted by Gasteiger charge is -2.28. The molecule has 2 amide bonds. The van der Waals surface area contributed by atoms with Crippen LogP contribution in [0.5, 0.6) is 0 Å². The van der Waals surface area contributed by atoms with Gasteiger partial charge in [0.15, 0.2) is 0 Å². The fraction of sp³-hybridized carbons (Fsp3) is 0.100. The molecule has 4 nitrogen and oxygen atoms in total. The molecule has 0 saturated heterocycles. The monoisotopic (exact) mass is 335 g/mol. The second-order valence-corrected chi connectivity index (χ2v) is 5.62. The molecule has 1 unspecified atom stereocenters. The van der Waals surface area contributed by atoms with Gasteiger partial charge in [-0.25, -0.2) is 9.18 Å². The number of para-hydroxylation sites is 1. The number of nitrogens with zero attached hydrogens (tertiary/aromatic N) is 2. The highest BCUT2D eigenvalue weighted by atomic mass is 19.1. The lowest BCUT2D eigenvalue weighted by molar-refractivity contribution is 0.211. The van der Waals surface area contributed by atoms with Crippen molar-refractivity contribution in [2.45, 2.75) is 6.04 Å². The molecule has 5 heteroatoms. The van der Waals surface area contributed by atoms with Gasteiger partial charge < -0.3 is 10.2 Å². The lowest BCUT2D eigenvalue weighted by atomic mass is 10.0. The van der Waals surface area contributed by atoms with Crippen molar-refractivity contribution in [3.8, 4) is 0 Å². The van der Waals surface area contributed by atoms with E-state index in [4.69, 9.17) is 0 Å². The smallest absolute Gasteiger partial charge is 0.315 e. The van der Waals surface area contributed by atoms with Crippen molar-refractivity contribution in [1.29, 1.82) is 0 Å². The van der Waals surface area contributed by atoms with E-state index < -0.39 is 6.04 Å². The van der Waals surface area contributed by atoms with E-state index in [0.29, 0.717) is 16.9 Å². The van der Waals surface area contributed by atoms with Gasteiger partial charge >= 0.3 is 6.03 Å². The summed E-state index contributed by atoms with van der Waals surface area (Å²) >= 11 is 0. The molecular weight excluding hydrogens is 317 g/mol. The van der Waals surface area contributed by atoms with Gasteiger partial charge in [0.05, 0.1) is 5.69 Å². The van der Waals surface area contributed by atoms with Crippen LogP contribution in [0.1, 0.15) is 17.3 Å². The first-order chi connectivity index (χ1) is 12.1. The van der Waals surface area contributed by atoms with Gasteiger partial charge in [-0.2, -0.15) is 0 Å². The molecule has 0 aliphatic heterocycles. The molecule has 1 N–H and O–H groups in total. The van der Waals surface area contributed by atoms with Crippen molar-refractivity contribution in [3.05, 3.63) is 96.1 Å². The molecule has 0 fully saturated rings. The van der Waals surface area contributed by atoms with Crippen molar-refractivity contribution in [1.82, 2.24) is 9.88 Å². The van der Waals surface area contributed by atoms with Crippen LogP contribution in [0, 0.1) is 5.82 Å². The molecule has 0 spiro atoms. The number of rotatable bonds is 4. The number of pyridine rings is 1. The molecule has 0 radical (unpaired) electrons. The number of urea groups is 1. The first kappa shape index (κ1) is 16.6. The zero-order valence-corrected chi connectivity index (χ0v) is 13.8. The van der Waals surface area contributed by atoms with Crippen LogP contribution in [0.4, 0.5) is 14.9 Å². The third-order valence-corrected chi connectivity index (χ3v) is 3.87. The minimum atomic E-state index is -0.499. The van der Waals surface area contributed by atoms with Gasteiger partial charge in [-0.1, -0.05) is 36.4 Å². The number of benzene rings is 2. The highest BCUT2D eigenvalue weighted by molar-refractivity contribution is 5.89. The number of halogens is 1. The number of carbonyl (C=O) groups excluding carboxylic acids is 1. The summed E-state index contributed by atoms with van der Waals surface area (Å²) < 4.78 is 13.7. The van der Waals surface area contributed by atoms with Crippen molar-refractivity contribution in [3.63, 3.8) is 0 Å². The van der Waals surface area contributed by atoms with E-state index in [1.54, 1.807) is 31.4 Å². The number of carbonyl (C=O) groups is 1. The summed E-state index contributed by atoms with van der Waals surface area (Å²) in [4.78, 5) is 18.5. The van der Waals surface area contributed by atoms with E-state index in [9.17, 15) is 9.18 Å². The molecule has 1 aromatic heterocycles. The fourth-order valence-corrected chi connectivity index (χ4v) is 2.66. The molecule has 126 valence electrons. The molecule has 3 aromatic rings. The first-order valence-corrected chi connectivity index (χ1v) is 7.90. The Morgan fingerprint density at radius 2 is 1.80 bits per heavy atom. The molecule has 0 bridgehead atoms. The quantitative estimate of drug-likeness (QED) is 0.764. The van der Waals surface area contributed by atoms with Crippen molar-refractivity contribution in [2.24, 2.45) is 0 Å². The molecule has 0 aliphatic carbocycles. The molecule has 1 heterocycles. The maximum Gasteiger partial charge on any atom is 0.322 e. The summed E-state index contributed by atoms with van der Waals surface area (Å²) in [5.41, 5.74) is 2.02. The van der Waals surface area contributed by atoms with Crippen LogP contribution in [-0.2, 0) is 0 Å². The number of anilines is 1. The van der Waals surface area contributed by atoms with Crippen LogP contribution in [-0.4, -0.2) is 23.0 Å². The molecule has 0 saturated carbocycles. The molecular formula is C20H18FN3O. The standard InChI is InChI=1S/C20H18FN3O/c1-24(20(25)23-17-10-3-2-4-11-17)19(18-12-5-6-13-22-18)15-8-7-9-16(21)14-15/h2-14,19H,1H3,(H,23,25). The lowest BCUT2D eigenvalue weighted by Crippen LogP contribution is -2.35. The van der Waals surface area contributed by atoms with E-state index in [1.807, 2.05) is 42.5 Å². The van der Waals surface area contributed by atoms with Gasteiger partial charge in [0, 0.05) is 18.9 Å². The Balaban J connectivity index is 1.92. The van der Waals surface area contributed by atoms with Gasteiger partial charge in [-0.05, 0) is 42.0 Å². The fourth-order valence-electron chi connectivity index (χ4n) is 2.66. The van der Waals surface area contributed by atoms with Gasteiger partial charge in [-0.3, -0.25) is 4.98 Å². The maximum atomic E-state index is 13.7. The number of amides is 2. The van der Waals surface area contributed by atoms with E-state index in [0.717, 1.165) is 0 Å². The van der Waals surface area contributed by atoms with Crippen LogP contribution in [0.2, 0.25) is 0 Å². The van der Waals surface area contributed by atoms with Gasteiger partial charge in [0.2, 0.25) is 0 Å². The average molecular weight is 335 g/mol. The third-order valence-electron chi connectivity index (χ3n) is 3.87. The van der Waals surface area contributed by atoms with E-state index in [-0.39, 0.29) is 11.8 Å². The van der Waals surface area contributed by atoms with E-state index in [1.165, 1.54) is 17.0 Å². The maximum absolute atomic E-state index is 13.7. The van der Waals surface area contributed by atoms with Crippen LogP contribution >= 0.6 is 0 Å². The highest BCUT2D eigenvalue weighted by Crippen LogP contribution is 2.27. The molecule has 2 aromatic carbocycles. The summed E-state index contributed by atoms with van der Waals surface area (Å²) in [6.07, 6.45) is 1.66. The third kappa shape index (κ3) is 4.01. The van der Waals surface area contributed by atoms with Crippen LogP contribution in [0.3, 0.4) is 0 Å². The van der Waals surface area contributed by atoms with Crippen molar-refractivity contribution >= 4 is 11.7 Å². The average Bonchev–Trinajstić information content (AvgIpc) is 2.64. The Bertz CT molecular complexity index is 840. The SMILES string of the molecule is CN(C(=O)Nc1ccccc1)C(c1cccc(F)c1)c1ccccn1. The summed E-state index contributed by atoms with van der Waals surface area (Å²) in [7, 11) is 1.67. The first-order valence-electron chi connectivity index (χ1n) is 7.90. The van der Waals surface area contributed by atoms with Gasteiger partial charge in [-0.15, -0.1) is 0 Å². The van der Waals surface area contributed by atoms with Gasteiger partial charge in [0.1, 0.15) is 11.9 Å². The summed E-state index contributed by atoms with van der Waals surface area (Å²) in [5, 5.41) is 2.84. The largest absolute Gasteiger partial charge is 0.322 e. The van der Waals surface area contributed by atoms with E-state index >= 15 is 0 Å². The van der Waals surface area contributed by atoms with Crippen LogP contribution in [0.25, 0.3) is 0 Å². The predicted molar refractivity (Wildman–Crippen MR) is 95.7 cm³/mol. The molecule has 1 atom stereocenters. The molecule has 3 rings (SSSR count). The molecule has 0 aliphatic rings. The second kappa shape index (κ2) is 7.57. The minimum absolute atomic E-state index is 0.300. The second-order valence-electron chi connectivity index (χ2n) is 5.62. The zero-order chi connectivity index (χ0) is 17.6. The minimum Gasteiger partial charge on any atom is -0.315 e. The normalized spacial score (nSPS) is 11.6. The zero-order valence-electron chi connectivity index (χ0n) is 13.8. The topological polar surface area (TPSA) is 45.2 Å². The highest BCUT2D eigenvalue weighted by Gasteiger charge is 2.25. The Morgan fingerprint density at radius 1 is 1.04 bits per heavy atom. The van der Waals surface area contributed by atoms with Crippen LogP contribution < -0.4 is 5.32 Å². The van der Waals surface area contributed by atoms with Gasteiger partial charge in [0.25, 0.3) is 0 Å². The van der Waals surface area contributed by atoms with Crippen molar-refractivity contribution in [2.75, 3.05) is 12.4 Å². The van der Waals surface area contributed by atoms with Crippen molar-refractivity contribution < 1.29 is 9.18 Å². The molecule has 25 heavy (non-hydrogen) atoms.